The molecule has 0 atom stereocenters. The number of benzene rings is 1. The van der Waals surface area contributed by atoms with Gasteiger partial charge in [0.15, 0.2) is 16.6 Å². The van der Waals surface area contributed by atoms with E-state index in [0.717, 1.165) is 23.7 Å². The number of amides is 1. The Balaban J connectivity index is 1.27. The van der Waals surface area contributed by atoms with Gasteiger partial charge < -0.3 is 18.7 Å². The first-order chi connectivity index (χ1) is 14.2. The van der Waals surface area contributed by atoms with Crippen LogP contribution in [0.5, 0.6) is 0 Å². The van der Waals surface area contributed by atoms with Crippen LogP contribution in [0, 0.1) is 0 Å². The van der Waals surface area contributed by atoms with Crippen molar-refractivity contribution in [1.29, 1.82) is 0 Å². The lowest BCUT2D eigenvalue weighted by Crippen LogP contribution is -2.48. The highest BCUT2D eigenvalue weighted by molar-refractivity contribution is 7.98. The summed E-state index contributed by atoms with van der Waals surface area (Å²) in [6.45, 7) is 2.71. The molecule has 0 radical (unpaired) electrons. The quantitative estimate of drug-likeness (QED) is 0.452. The van der Waals surface area contributed by atoms with Crippen LogP contribution in [-0.4, -0.2) is 53.4 Å². The molecule has 5 rings (SSSR count). The van der Waals surface area contributed by atoms with Gasteiger partial charge in [-0.2, -0.15) is 0 Å². The molecule has 3 aromatic heterocycles. The molecule has 29 heavy (non-hydrogen) atoms. The molecule has 1 saturated heterocycles. The maximum atomic E-state index is 12.8. The number of fused-ring (bicyclic) bond motifs is 1. The van der Waals surface area contributed by atoms with Gasteiger partial charge in [-0.15, -0.1) is 11.8 Å². The third-order valence-electron chi connectivity index (χ3n) is 4.92. The predicted molar refractivity (Wildman–Crippen MR) is 114 cm³/mol. The van der Waals surface area contributed by atoms with Crippen LogP contribution in [0.15, 0.2) is 56.5 Å². The second-order valence-corrected chi connectivity index (χ2v) is 8.49. The van der Waals surface area contributed by atoms with Crippen molar-refractivity contribution in [3.8, 4) is 11.5 Å². The van der Waals surface area contributed by atoms with Crippen molar-refractivity contribution in [2.75, 3.05) is 37.3 Å². The third-order valence-corrected chi connectivity index (χ3v) is 6.77. The number of furan rings is 1. The number of aromatic nitrogens is 2. The summed E-state index contributed by atoms with van der Waals surface area (Å²) in [4.78, 5) is 22.9. The van der Waals surface area contributed by atoms with Crippen molar-refractivity contribution in [2.45, 2.75) is 4.90 Å². The lowest BCUT2D eigenvalue weighted by Gasteiger charge is -2.34. The first-order valence-electron chi connectivity index (χ1n) is 9.21. The number of hydrogen-bond acceptors (Lipinski definition) is 8. The van der Waals surface area contributed by atoms with Gasteiger partial charge in [0.1, 0.15) is 0 Å². The van der Waals surface area contributed by atoms with E-state index in [4.69, 9.17) is 13.9 Å². The van der Waals surface area contributed by atoms with Crippen molar-refractivity contribution in [1.82, 2.24) is 15.0 Å². The number of nitrogens with zero attached hydrogens (tertiary/aromatic N) is 4. The van der Waals surface area contributed by atoms with Crippen LogP contribution in [0.25, 0.3) is 21.7 Å². The molecule has 9 heteroatoms. The highest BCUT2D eigenvalue weighted by Gasteiger charge is 2.26. The van der Waals surface area contributed by atoms with E-state index in [1.165, 1.54) is 9.60 Å². The molecule has 148 valence electrons. The molecule has 1 amide bonds. The number of thiazole rings is 1. The van der Waals surface area contributed by atoms with Crippen molar-refractivity contribution in [3.63, 3.8) is 0 Å². The molecule has 7 nitrogen and oxygen atoms in total. The van der Waals surface area contributed by atoms with Gasteiger partial charge in [0.05, 0.1) is 16.5 Å². The zero-order valence-corrected chi connectivity index (χ0v) is 17.3. The predicted octanol–water partition coefficient (Wildman–Crippen LogP) is 4.23. The van der Waals surface area contributed by atoms with Crippen LogP contribution in [0.4, 0.5) is 5.13 Å². The first kappa shape index (κ1) is 18.3. The molecule has 0 spiro atoms. The molecule has 0 aliphatic carbocycles. The SMILES string of the molecule is CSc1cccc2sc(N3CCN(C(=O)c4cc(-c5ccco5)on4)CC3)nc12. The summed E-state index contributed by atoms with van der Waals surface area (Å²) in [7, 11) is 0. The minimum Gasteiger partial charge on any atom is -0.461 e. The fourth-order valence-corrected chi connectivity index (χ4v) is 5.06. The number of carbonyl (C=O) groups is 1. The van der Waals surface area contributed by atoms with Gasteiger partial charge in [-0.3, -0.25) is 4.79 Å². The van der Waals surface area contributed by atoms with Gasteiger partial charge in [0, 0.05) is 37.1 Å². The van der Waals surface area contributed by atoms with Crippen molar-refractivity contribution in [3.05, 3.63) is 48.4 Å². The van der Waals surface area contributed by atoms with Crippen molar-refractivity contribution >= 4 is 44.4 Å². The standard InChI is InChI=1S/C20H18N4O3S2/c1-28-16-5-2-6-17-18(16)21-20(29-17)24-9-7-23(8-10-24)19(25)13-12-15(27-22-13)14-4-3-11-26-14/h2-6,11-12H,7-10H2,1H3. The fraction of sp³-hybridized carbons (Fsp3) is 0.250. The molecule has 0 unspecified atom stereocenters. The van der Waals surface area contributed by atoms with Crippen LogP contribution < -0.4 is 4.90 Å². The maximum Gasteiger partial charge on any atom is 0.276 e. The van der Waals surface area contributed by atoms with E-state index in [2.05, 4.69) is 34.5 Å². The minimum absolute atomic E-state index is 0.125. The number of thioether (sulfide) groups is 1. The Hall–Kier alpha value is -2.78. The maximum absolute atomic E-state index is 12.8. The van der Waals surface area contributed by atoms with Crippen molar-refractivity contribution < 1.29 is 13.7 Å². The van der Waals surface area contributed by atoms with E-state index in [1.807, 2.05) is 0 Å². The summed E-state index contributed by atoms with van der Waals surface area (Å²) in [6.07, 6.45) is 3.63. The van der Waals surface area contributed by atoms with Gasteiger partial charge >= 0.3 is 0 Å². The Labute approximate surface area is 175 Å². The summed E-state index contributed by atoms with van der Waals surface area (Å²) in [5.74, 6) is 0.887. The average molecular weight is 427 g/mol. The molecule has 1 aliphatic heterocycles. The lowest BCUT2D eigenvalue weighted by molar-refractivity contribution is 0.0736. The van der Waals surface area contributed by atoms with E-state index in [-0.39, 0.29) is 5.91 Å². The Morgan fingerprint density at radius 3 is 2.76 bits per heavy atom. The van der Waals surface area contributed by atoms with E-state index in [0.29, 0.717) is 30.3 Å². The Morgan fingerprint density at radius 2 is 2.00 bits per heavy atom. The molecule has 4 aromatic rings. The minimum atomic E-state index is -0.125. The number of piperazine rings is 1. The molecule has 1 aromatic carbocycles. The topological polar surface area (TPSA) is 75.6 Å². The van der Waals surface area contributed by atoms with Crippen LogP contribution >= 0.6 is 23.1 Å². The molecule has 0 saturated carbocycles. The third kappa shape index (κ3) is 3.40. The fourth-order valence-electron chi connectivity index (χ4n) is 3.39. The Morgan fingerprint density at radius 1 is 1.14 bits per heavy atom. The van der Waals surface area contributed by atoms with E-state index < -0.39 is 0 Å². The summed E-state index contributed by atoms with van der Waals surface area (Å²) in [5, 5.41) is 4.93. The summed E-state index contributed by atoms with van der Waals surface area (Å²) >= 11 is 3.41. The van der Waals surface area contributed by atoms with Gasteiger partial charge in [-0.25, -0.2) is 4.98 Å². The number of anilines is 1. The molecular weight excluding hydrogens is 408 g/mol. The largest absolute Gasteiger partial charge is 0.461 e. The molecule has 0 N–H and O–H groups in total. The van der Waals surface area contributed by atoms with Crippen LogP contribution in [0.3, 0.4) is 0 Å². The molecule has 4 heterocycles. The highest BCUT2D eigenvalue weighted by Crippen LogP contribution is 2.34. The van der Waals surface area contributed by atoms with Crippen LogP contribution in [-0.2, 0) is 0 Å². The van der Waals surface area contributed by atoms with Crippen molar-refractivity contribution in [2.24, 2.45) is 0 Å². The number of rotatable bonds is 4. The normalized spacial score (nSPS) is 14.7. The number of carbonyl (C=O) groups excluding carboxylic acids is 1. The second-order valence-electron chi connectivity index (χ2n) is 6.64. The zero-order chi connectivity index (χ0) is 19.8. The Bertz CT molecular complexity index is 1140. The first-order valence-corrected chi connectivity index (χ1v) is 11.3. The summed E-state index contributed by atoms with van der Waals surface area (Å²) < 4.78 is 11.7. The number of para-hydroxylation sites is 1. The monoisotopic (exact) mass is 426 g/mol. The smallest absolute Gasteiger partial charge is 0.276 e. The van der Waals surface area contributed by atoms with Gasteiger partial charge in [-0.05, 0) is 30.5 Å². The molecular formula is C20H18N4O3S2. The Kier molecular flexibility index (Phi) is 4.76. The molecule has 1 fully saturated rings. The average Bonchev–Trinajstić information content (AvgIpc) is 3.52. The van der Waals surface area contributed by atoms with E-state index in [9.17, 15) is 4.79 Å². The molecule has 1 aliphatic rings. The van der Waals surface area contributed by atoms with E-state index in [1.54, 1.807) is 52.5 Å². The van der Waals surface area contributed by atoms with Gasteiger partial charge in [0.25, 0.3) is 5.91 Å². The summed E-state index contributed by atoms with van der Waals surface area (Å²) in [6, 6.07) is 11.4. The second kappa shape index (κ2) is 7.57. The lowest BCUT2D eigenvalue weighted by atomic mass is 10.2. The van der Waals surface area contributed by atoms with E-state index >= 15 is 0 Å². The van der Waals surface area contributed by atoms with Gasteiger partial charge in [-0.1, -0.05) is 22.6 Å². The van der Waals surface area contributed by atoms with Crippen LogP contribution in [0.2, 0.25) is 0 Å². The van der Waals surface area contributed by atoms with Gasteiger partial charge in [0.2, 0.25) is 5.76 Å². The van der Waals surface area contributed by atoms with Crippen LogP contribution in [0.1, 0.15) is 10.5 Å². The number of hydrogen-bond donors (Lipinski definition) is 0. The highest BCUT2D eigenvalue weighted by atomic mass is 32.2. The summed E-state index contributed by atoms with van der Waals surface area (Å²) in [5.41, 5.74) is 1.36. The molecule has 0 bridgehead atoms. The zero-order valence-electron chi connectivity index (χ0n) is 15.7.